The molecule has 6 heteroatoms. The van der Waals surface area contributed by atoms with Crippen LogP contribution in [-0.4, -0.2) is 46.6 Å². The standard InChI is InChI=1S/C26H27N3O3/c30-26-9-7-20-16-28(15-19-3-1-5-22-21(19)4-2-11-27-22)12-10-23(20)29(26)14-18-6-8-24-25(13-18)32-17-31-24/h1-6,8,11,13,20,23H,7,9-10,12,14-17H2/t20-,23+/m1/s1. The number of likely N-dealkylation sites (tertiary alicyclic amines) is 2. The van der Waals surface area contributed by atoms with Crippen LogP contribution in [0, 0.1) is 5.92 Å². The number of amides is 1. The highest BCUT2D eigenvalue weighted by atomic mass is 16.7. The molecule has 0 radical (unpaired) electrons. The van der Waals surface area contributed by atoms with Crippen LogP contribution in [0.15, 0.2) is 54.7 Å². The van der Waals surface area contributed by atoms with E-state index in [-0.39, 0.29) is 12.7 Å². The van der Waals surface area contributed by atoms with Crippen molar-refractivity contribution < 1.29 is 14.3 Å². The Bertz CT molecular complexity index is 1160. The highest BCUT2D eigenvalue weighted by molar-refractivity contribution is 5.82. The summed E-state index contributed by atoms with van der Waals surface area (Å²) in [6, 6.07) is 16.9. The zero-order valence-corrected chi connectivity index (χ0v) is 18.1. The Kier molecular flexibility index (Phi) is 4.95. The van der Waals surface area contributed by atoms with E-state index < -0.39 is 0 Å². The van der Waals surface area contributed by atoms with E-state index in [2.05, 4.69) is 39.0 Å². The van der Waals surface area contributed by atoms with Crippen LogP contribution in [0.2, 0.25) is 0 Å². The van der Waals surface area contributed by atoms with Crippen molar-refractivity contribution in [2.24, 2.45) is 5.92 Å². The highest BCUT2D eigenvalue weighted by Crippen LogP contribution is 2.36. The topological polar surface area (TPSA) is 54.9 Å². The largest absolute Gasteiger partial charge is 0.454 e. The molecule has 3 aromatic rings. The van der Waals surface area contributed by atoms with Gasteiger partial charge in [-0.1, -0.05) is 24.3 Å². The fourth-order valence-corrected chi connectivity index (χ4v) is 5.56. The Morgan fingerprint density at radius 1 is 1.00 bits per heavy atom. The Morgan fingerprint density at radius 3 is 2.91 bits per heavy atom. The lowest BCUT2D eigenvalue weighted by atomic mass is 9.83. The zero-order valence-electron chi connectivity index (χ0n) is 18.1. The first kappa shape index (κ1) is 19.6. The normalized spacial score (nSPS) is 22.9. The van der Waals surface area contributed by atoms with Crippen molar-refractivity contribution in [3.8, 4) is 11.5 Å². The summed E-state index contributed by atoms with van der Waals surface area (Å²) >= 11 is 0. The second-order valence-corrected chi connectivity index (χ2v) is 9.09. The number of carbonyl (C=O) groups is 1. The number of pyridine rings is 1. The fraction of sp³-hybridized carbons (Fsp3) is 0.385. The number of fused-ring (bicyclic) bond motifs is 3. The molecule has 0 saturated carbocycles. The SMILES string of the molecule is O=C1CC[C@@H]2CN(Cc3cccc4ncccc34)CC[C@@H]2N1Cc1ccc2c(c1)OCO2. The number of rotatable bonds is 4. The van der Waals surface area contributed by atoms with Gasteiger partial charge in [0.05, 0.1) is 5.52 Å². The molecule has 3 aliphatic heterocycles. The summed E-state index contributed by atoms with van der Waals surface area (Å²) in [5.74, 6) is 2.36. The number of ether oxygens (including phenoxy) is 2. The van der Waals surface area contributed by atoms with E-state index in [4.69, 9.17) is 9.47 Å². The third-order valence-electron chi connectivity index (χ3n) is 7.15. The Hall–Kier alpha value is -3.12. The lowest BCUT2D eigenvalue weighted by Crippen LogP contribution is -2.55. The first-order chi connectivity index (χ1) is 15.7. The van der Waals surface area contributed by atoms with E-state index in [1.807, 2.05) is 30.5 Å². The van der Waals surface area contributed by atoms with Crippen LogP contribution in [0.3, 0.4) is 0 Å². The average Bonchev–Trinajstić information content (AvgIpc) is 3.29. The van der Waals surface area contributed by atoms with Crippen LogP contribution in [0.5, 0.6) is 11.5 Å². The summed E-state index contributed by atoms with van der Waals surface area (Å²) in [6.07, 6.45) is 4.49. The maximum Gasteiger partial charge on any atom is 0.231 e. The second kappa shape index (κ2) is 8.10. The minimum Gasteiger partial charge on any atom is -0.454 e. The van der Waals surface area contributed by atoms with Gasteiger partial charge in [-0.2, -0.15) is 0 Å². The van der Waals surface area contributed by atoms with Crippen LogP contribution in [-0.2, 0) is 17.9 Å². The molecule has 0 aliphatic carbocycles. The van der Waals surface area contributed by atoms with Crippen molar-refractivity contribution in [1.29, 1.82) is 0 Å². The molecule has 2 atom stereocenters. The molecule has 0 N–H and O–H groups in total. The molecule has 6 rings (SSSR count). The molecule has 0 unspecified atom stereocenters. The summed E-state index contributed by atoms with van der Waals surface area (Å²) in [4.78, 5) is 22.0. The summed E-state index contributed by atoms with van der Waals surface area (Å²) < 4.78 is 11.0. The van der Waals surface area contributed by atoms with E-state index in [0.717, 1.165) is 55.1 Å². The van der Waals surface area contributed by atoms with E-state index in [0.29, 0.717) is 24.9 Å². The van der Waals surface area contributed by atoms with Crippen molar-refractivity contribution in [3.63, 3.8) is 0 Å². The summed E-state index contributed by atoms with van der Waals surface area (Å²) in [5, 5.41) is 1.24. The van der Waals surface area contributed by atoms with Gasteiger partial charge in [0.1, 0.15) is 0 Å². The van der Waals surface area contributed by atoms with Crippen LogP contribution in [0.1, 0.15) is 30.4 Å². The van der Waals surface area contributed by atoms with Crippen molar-refractivity contribution in [1.82, 2.24) is 14.8 Å². The van der Waals surface area contributed by atoms with Gasteiger partial charge in [0.2, 0.25) is 12.7 Å². The smallest absolute Gasteiger partial charge is 0.231 e. The third kappa shape index (κ3) is 3.58. The molecule has 164 valence electrons. The molecule has 1 aromatic heterocycles. The van der Waals surface area contributed by atoms with E-state index in [1.54, 1.807) is 0 Å². The van der Waals surface area contributed by atoms with Crippen molar-refractivity contribution in [3.05, 3.63) is 65.9 Å². The average molecular weight is 430 g/mol. The molecule has 4 heterocycles. The number of hydrogen-bond donors (Lipinski definition) is 0. The minimum atomic E-state index is 0.273. The second-order valence-electron chi connectivity index (χ2n) is 9.09. The molecular weight excluding hydrogens is 402 g/mol. The molecule has 2 fully saturated rings. The van der Waals surface area contributed by atoms with Gasteiger partial charge in [-0.25, -0.2) is 0 Å². The van der Waals surface area contributed by atoms with Gasteiger partial charge in [-0.15, -0.1) is 0 Å². The zero-order chi connectivity index (χ0) is 21.5. The lowest BCUT2D eigenvalue weighted by Gasteiger charge is -2.47. The molecule has 3 aliphatic rings. The predicted molar refractivity (Wildman–Crippen MR) is 121 cm³/mol. The van der Waals surface area contributed by atoms with Crippen LogP contribution in [0.4, 0.5) is 0 Å². The summed E-state index contributed by atoms with van der Waals surface area (Å²) in [6.45, 7) is 3.89. The molecule has 1 amide bonds. The molecule has 6 nitrogen and oxygen atoms in total. The first-order valence-corrected chi connectivity index (χ1v) is 11.5. The Labute approximate surface area is 187 Å². The van der Waals surface area contributed by atoms with Crippen molar-refractivity contribution >= 4 is 16.8 Å². The summed E-state index contributed by atoms with van der Waals surface area (Å²) in [5.41, 5.74) is 3.49. The van der Waals surface area contributed by atoms with E-state index in [1.165, 1.54) is 10.9 Å². The fourth-order valence-electron chi connectivity index (χ4n) is 5.56. The van der Waals surface area contributed by atoms with Crippen LogP contribution >= 0.6 is 0 Å². The maximum atomic E-state index is 12.9. The molecule has 2 aromatic carbocycles. The van der Waals surface area contributed by atoms with Crippen molar-refractivity contribution in [2.75, 3.05) is 19.9 Å². The molecule has 0 spiro atoms. The number of piperidine rings is 2. The minimum absolute atomic E-state index is 0.273. The number of aromatic nitrogens is 1. The molecule has 32 heavy (non-hydrogen) atoms. The number of carbonyl (C=O) groups excluding carboxylic acids is 1. The van der Waals surface area contributed by atoms with E-state index in [9.17, 15) is 4.79 Å². The van der Waals surface area contributed by atoms with Gasteiger partial charge in [0.15, 0.2) is 11.5 Å². The highest BCUT2D eigenvalue weighted by Gasteiger charge is 2.39. The molecule has 2 saturated heterocycles. The Morgan fingerprint density at radius 2 is 1.94 bits per heavy atom. The van der Waals surface area contributed by atoms with Gasteiger partial charge >= 0.3 is 0 Å². The Balaban J connectivity index is 1.17. The number of nitrogens with zero attached hydrogens (tertiary/aromatic N) is 3. The van der Waals surface area contributed by atoms with Gasteiger partial charge in [-0.05, 0) is 54.2 Å². The predicted octanol–water partition coefficient (Wildman–Crippen LogP) is 3.98. The van der Waals surface area contributed by atoms with Crippen LogP contribution < -0.4 is 9.47 Å². The maximum absolute atomic E-state index is 12.9. The van der Waals surface area contributed by atoms with Crippen LogP contribution in [0.25, 0.3) is 10.9 Å². The van der Waals surface area contributed by atoms with E-state index >= 15 is 0 Å². The molecular formula is C26H27N3O3. The first-order valence-electron chi connectivity index (χ1n) is 11.5. The lowest BCUT2D eigenvalue weighted by molar-refractivity contribution is -0.142. The van der Waals surface area contributed by atoms with Gasteiger partial charge < -0.3 is 14.4 Å². The van der Waals surface area contributed by atoms with Gasteiger partial charge in [0.25, 0.3) is 0 Å². The monoisotopic (exact) mass is 429 g/mol. The quantitative estimate of drug-likeness (QED) is 0.628. The molecule has 0 bridgehead atoms. The third-order valence-corrected chi connectivity index (χ3v) is 7.15. The summed E-state index contributed by atoms with van der Waals surface area (Å²) in [7, 11) is 0. The van der Waals surface area contributed by atoms with Crippen molar-refractivity contribution in [2.45, 2.75) is 38.4 Å². The number of benzene rings is 2. The van der Waals surface area contributed by atoms with Gasteiger partial charge in [-0.3, -0.25) is 14.7 Å². The van der Waals surface area contributed by atoms with Gasteiger partial charge in [0, 0.05) is 50.2 Å². The number of hydrogen-bond acceptors (Lipinski definition) is 5.